The summed E-state index contributed by atoms with van der Waals surface area (Å²) < 4.78 is 79.0. The minimum Gasteiger partial charge on any atom is -0.477 e. The van der Waals surface area contributed by atoms with Crippen LogP contribution < -0.4 is 34.6 Å². The highest BCUT2D eigenvalue weighted by Gasteiger charge is 2.44. The van der Waals surface area contributed by atoms with E-state index in [1.165, 1.54) is 62.8 Å². The van der Waals surface area contributed by atoms with Crippen LogP contribution in [0.15, 0.2) is 144 Å². The number of carbonyl (C=O) groups excluding carboxylic acids is 2. The summed E-state index contributed by atoms with van der Waals surface area (Å²) in [4.78, 5) is 68.8. The lowest BCUT2D eigenvalue weighted by Gasteiger charge is -2.34. The molecule has 4 aliphatic heterocycles. The van der Waals surface area contributed by atoms with Crippen LogP contribution in [0.1, 0.15) is 202 Å². The van der Waals surface area contributed by atoms with E-state index in [1.54, 1.807) is 54.6 Å². The third kappa shape index (κ3) is 17.4. The lowest BCUT2D eigenvalue weighted by Crippen LogP contribution is -2.41. The predicted molar refractivity (Wildman–Crippen MR) is 396 cm³/mol. The van der Waals surface area contributed by atoms with E-state index in [1.807, 2.05) is 42.7 Å². The number of amides is 2. The standard InChI is InChI=1S/C39H47N7O4S.C34H38FN7O3S.C5H10O/c1-38(2,3)27-19-20-40-32(21-27)31-17-15-26-22-39(4,5)46(23-26)36-28(37(47)45-51(48,49)35-14-8-12-33(41-31)44-35)16-18-30(43-36)29-11-7-13-34(42-29)50-24-25-9-6-10-25;1-33(2,3)22-16-17-36-27(18-22)26-14-12-21-19-34(4,5)42(20-21)31-23(13-15-25(39-31)24-8-6-9-28(35)37-24)32(43)41-46(44,45)30-11-7-10-29(38-26)40-30;6-4-5-2-1-3-5/h7-8,11-14,16,18-21,25-26,31H,6,9-10,15,17,22-24H2,1-5H3,(H,41,44)(H,45,47);6-11,13,15-18,21,26H,12,14,19-20H2,1-5H3,(H,38,40)(H,41,43);5-6H,1-4H2/t26-,31+;21-,26+;/m00./s1. The van der Waals surface area contributed by atoms with Crippen LogP contribution in [-0.4, -0.2) is 111 Å². The Morgan fingerprint density at radius 2 is 0.961 bits per heavy atom. The molecule has 2 aliphatic carbocycles. The second-order valence-electron chi connectivity index (χ2n) is 31.5. The van der Waals surface area contributed by atoms with Crippen LogP contribution in [0.4, 0.5) is 27.7 Å². The summed E-state index contributed by atoms with van der Waals surface area (Å²) in [6, 6.07) is 33.6. The molecule has 22 nitrogen and oxygen atoms in total. The van der Waals surface area contributed by atoms with Crippen LogP contribution >= 0.6 is 0 Å². The van der Waals surface area contributed by atoms with Gasteiger partial charge in [-0.1, -0.05) is 78.6 Å². The van der Waals surface area contributed by atoms with Gasteiger partial charge in [-0.05, 0) is 229 Å². The molecule has 12 heterocycles. The average Bonchev–Trinajstić information content (AvgIpc) is 1.71. The zero-order valence-electron chi connectivity index (χ0n) is 60.5. The van der Waals surface area contributed by atoms with Crippen molar-refractivity contribution in [2.45, 2.75) is 190 Å². The van der Waals surface area contributed by atoms with E-state index in [0.29, 0.717) is 96.5 Å². The van der Waals surface area contributed by atoms with E-state index in [9.17, 15) is 30.8 Å². The number of anilines is 4. The quantitative estimate of drug-likeness (QED) is 0.0883. The van der Waals surface area contributed by atoms with E-state index in [2.05, 4.69) is 126 Å². The van der Waals surface area contributed by atoms with Gasteiger partial charge in [0.15, 0.2) is 10.1 Å². The number of halogens is 1. The molecule has 4 fully saturated rings. The Morgan fingerprint density at radius 3 is 1.38 bits per heavy atom. The maximum absolute atomic E-state index is 14.0. The number of aliphatic hydroxyl groups excluding tert-OH is 1. The lowest BCUT2D eigenvalue weighted by molar-refractivity contribution is 0.0972. The Labute approximate surface area is 604 Å². The van der Waals surface area contributed by atoms with Gasteiger partial charge >= 0.3 is 0 Å². The number of aliphatic hydroxyl groups is 1. The van der Waals surface area contributed by atoms with Crippen molar-refractivity contribution >= 4 is 55.1 Å². The van der Waals surface area contributed by atoms with Crippen LogP contribution in [0.25, 0.3) is 22.8 Å². The number of sulfonamides is 2. The van der Waals surface area contributed by atoms with Gasteiger partial charge < -0.3 is 30.3 Å². The van der Waals surface area contributed by atoms with Gasteiger partial charge in [-0.3, -0.25) is 19.6 Å². The molecule has 25 heteroatoms. The third-order valence-corrected chi connectivity index (χ3v) is 23.1. The normalized spacial score (nSPS) is 21.4. The monoisotopic (exact) mass is 1440 g/mol. The first-order chi connectivity index (χ1) is 48.9. The molecule has 103 heavy (non-hydrogen) atoms. The molecular weight excluding hydrogens is 1340 g/mol. The fourth-order valence-electron chi connectivity index (χ4n) is 14.3. The number of hydrogen-bond acceptors (Lipinski definition) is 20. The summed E-state index contributed by atoms with van der Waals surface area (Å²) in [6.45, 7) is 23.7. The van der Waals surface area contributed by atoms with Gasteiger partial charge in [0, 0.05) is 49.2 Å². The molecule has 0 aromatic carbocycles. The molecule has 0 spiro atoms. The molecule has 5 N–H and O–H groups in total. The first-order valence-electron chi connectivity index (χ1n) is 35.8. The molecule has 8 bridgehead atoms. The summed E-state index contributed by atoms with van der Waals surface area (Å²) in [6.07, 6.45) is 15.9. The number of carbonyl (C=O) groups is 2. The fraction of sp³-hybridized carbons (Fsp3) is 0.462. The van der Waals surface area contributed by atoms with Crippen molar-refractivity contribution in [2.24, 2.45) is 23.7 Å². The number of nitrogens with zero attached hydrogens (tertiary/aromatic N) is 10. The SMILES string of the molecule is CC(C)(C)c1ccnc([C@H]2CC[C@@H]3CN(c4nc(-c5cccc(F)n5)ccc4C(=O)NS(=O)(=O)c4cccc(n4)N2)C(C)(C)C3)c1.CC(C)(C)c1ccnc([C@H]2CC[C@@H]3CN(c4nc(-c5cccc(OCC6CCC6)n5)ccc4C(=O)NS(=O)(=O)c4cccc(n4)N2)C(C)(C)C3)c1.OCC1CCC1. The highest BCUT2D eigenvalue weighted by Crippen LogP contribution is 2.44. The second kappa shape index (κ2) is 30.0. The van der Waals surface area contributed by atoms with Crippen molar-refractivity contribution in [3.8, 4) is 28.7 Å². The summed E-state index contributed by atoms with van der Waals surface area (Å²) in [5, 5.41) is 14.8. The van der Waals surface area contributed by atoms with E-state index in [-0.39, 0.29) is 61.5 Å². The Morgan fingerprint density at radius 1 is 0.524 bits per heavy atom. The van der Waals surface area contributed by atoms with Crippen LogP contribution in [0.5, 0.6) is 5.88 Å². The second-order valence-corrected chi connectivity index (χ2v) is 34.8. The van der Waals surface area contributed by atoms with Crippen LogP contribution in [0.2, 0.25) is 0 Å². The van der Waals surface area contributed by atoms with Crippen molar-refractivity contribution in [2.75, 3.05) is 46.7 Å². The predicted octanol–water partition coefficient (Wildman–Crippen LogP) is 13.9. The summed E-state index contributed by atoms with van der Waals surface area (Å²) in [7, 11) is -8.71. The summed E-state index contributed by atoms with van der Waals surface area (Å²) >= 11 is 0. The van der Waals surface area contributed by atoms with Crippen LogP contribution in [0.3, 0.4) is 0 Å². The third-order valence-electron chi connectivity index (χ3n) is 20.6. The zero-order chi connectivity index (χ0) is 73.2. The van der Waals surface area contributed by atoms with Gasteiger partial charge in [-0.15, -0.1) is 0 Å². The van der Waals surface area contributed by atoms with Gasteiger partial charge in [0.2, 0.25) is 11.8 Å². The molecule has 14 rings (SSSR count). The van der Waals surface area contributed by atoms with E-state index >= 15 is 0 Å². The number of ether oxygens (including phenoxy) is 1. The number of rotatable bonds is 8. The van der Waals surface area contributed by atoms with Gasteiger partial charge in [0.1, 0.15) is 23.3 Å². The molecule has 2 amide bonds. The Bertz CT molecular complexity index is 4650. The van der Waals surface area contributed by atoms with Gasteiger partial charge in [-0.25, -0.2) is 39.3 Å². The van der Waals surface area contributed by atoms with Crippen molar-refractivity contribution < 1.29 is 40.7 Å². The molecule has 2 saturated heterocycles. The first-order valence-corrected chi connectivity index (χ1v) is 38.8. The maximum atomic E-state index is 14.0. The van der Waals surface area contributed by atoms with Crippen LogP contribution in [0, 0.1) is 29.6 Å². The molecule has 0 radical (unpaired) electrons. The Hall–Kier alpha value is -9.07. The van der Waals surface area contributed by atoms with E-state index in [4.69, 9.17) is 34.8 Å². The summed E-state index contributed by atoms with van der Waals surface area (Å²) in [5.41, 5.74) is 5.17. The Kier molecular flexibility index (Phi) is 21.4. The molecule has 8 aromatic rings. The maximum Gasteiger partial charge on any atom is 0.281 e. The van der Waals surface area contributed by atoms with Gasteiger partial charge in [-0.2, -0.15) is 21.2 Å². The number of aromatic nitrogens is 8. The number of pyridine rings is 8. The van der Waals surface area contributed by atoms with Gasteiger partial charge in [0.25, 0.3) is 31.9 Å². The molecule has 4 atom stereocenters. The minimum absolute atomic E-state index is 0.0724. The molecule has 544 valence electrons. The zero-order valence-corrected chi connectivity index (χ0v) is 62.1. The molecular formula is C78H95FN14O8S2. The smallest absolute Gasteiger partial charge is 0.281 e. The number of fused-ring (bicyclic) bond motifs is 12. The largest absolute Gasteiger partial charge is 0.477 e. The van der Waals surface area contributed by atoms with Crippen molar-refractivity contribution in [1.82, 2.24) is 49.3 Å². The van der Waals surface area contributed by atoms with E-state index < -0.39 is 43.3 Å². The number of nitrogens with one attached hydrogen (secondary N) is 4. The van der Waals surface area contributed by atoms with Crippen molar-refractivity contribution in [3.05, 3.63) is 173 Å². The van der Waals surface area contributed by atoms with Gasteiger partial charge in [0.05, 0.1) is 64.0 Å². The molecule has 0 unspecified atom stereocenters. The van der Waals surface area contributed by atoms with Crippen LogP contribution in [-0.2, 0) is 30.9 Å². The highest BCUT2D eigenvalue weighted by molar-refractivity contribution is 7.90. The first kappa shape index (κ1) is 73.7. The molecule has 6 aliphatic rings. The molecule has 8 aromatic heterocycles. The lowest BCUT2D eigenvalue weighted by atomic mass is 9.86. The minimum atomic E-state index is -4.36. The average molecular weight is 1440 g/mol. The number of hydrogen-bond donors (Lipinski definition) is 5. The van der Waals surface area contributed by atoms with Crippen molar-refractivity contribution in [3.63, 3.8) is 0 Å². The highest BCUT2D eigenvalue weighted by atomic mass is 32.2. The fourth-order valence-corrected chi connectivity index (χ4v) is 16.2. The molecule has 2 saturated carbocycles. The van der Waals surface area contributed by atoms with Crippen molar-refractivity contribution in [1.29, 1.82) is 0 Å². The topological polar surface area (TPSA) is 290 Å². The Balaban J connectivity index is 0.000000180. The van der Waals surface area contributed by atoms with E-state index in [0.717, 1.165) is 54.6 Å². The summed E-state index contributed by atoms with van der Waals surface area (Å²) in [5.74, 6) is 1.49.